The fraction of sp³-hybridized carbons (Fsp3) is 0.312. The molecule has 2 aromatic rings. The van der Waals surface area contributed by atoms with E-state index in [1.807, 2.05) is 13.8 Å². The Morgan fingerprint density at radius 3 is 2.57 bits per heavy atom. The largest absolute Gasteiger partial charge is 0.320 e. The van der Waals surface area contributed by atoms with Gasteiger partial charge in [-0.1, -0.05) is 19.1 Å². The van der Waals surface area contributed by atoms with Crippen molar-refractivity contribution in [2.45, 2.75) is 33.7 Å². The lowest BCUT2D eigenvalue weighted by atomic mass is 10.1. The first-order valence-electron chi connectivity index (χ1n) is 7.04. The monoisotopic (exact) mass is 285 g/mol. The number of carbonyl (C=O) groups is 2. The normalized spacial score (nSPS) is 10.4. The van der Waals surface area contributed by atoms with Crippen LogP contribution in [0.1, 0.15) is 47.3 Å². The Morgan fingerprint density at radius 1 is 1.24 bits per heavy atom. The van der Waals surface area contributed by atoms with Crippen molar-refractivity contribution in [2.75, 3.05) is 5.32 Å². The number of rotatable bonds is 5. The molecule has 0 spiro atoms. The molecule has 1 aromatic heterocycles. The number of ketones is 1. The summed E-state index contributed by atoms with van der Waals surface area (Å²) in [5, 5.41) is 7.16. The quantitative estimate of drug-likeness (QED) is 0.859. The molecule has 0 aliphatic rings. The average Bonchev–Trinajstić information content (AvgIpc) is 2.91. The lowest BCUT2D eigenvalue weighted by Gasteiger charge is -2.09. The van der Waals surface area contributed by atoms with Crippen molar-refractivity contribution in [2.24, 2.45) is 0 Å². The predicted octanol–water partition coefficient (Wildman–Crippen LogP) is 2.92. The molecule has 0 atom stereocenters. The van der Waals surface area contributed by atoms with Gasteiger partial charge in [0, 0.05) is 12.1 Å². The topological polar surface area (TPSA) is 64.0 Å². The SMILES string of the molecule is CCc1cc(C(=O)Nc2ccccc2C(C)=O)n(CC)n1. The smallest absolute Gasteiger partial charge is 0.273 e. The van der Waals surface area contributed by atoms with Gasteiger partial charge in [0.2, 0.25) is 0 Å². The molecule has 0 saturated carbocycles. The van der Waals surface area contributed by atoms with Gasteiger partial charge >= 0.3 is 0 Å². The Labute approximate surface area is 124 Å². The second kappa shape index (κ2) is 6.35. The summed E-state index contributed by atoms with van der Waals surface area (Å²) in [7, 11) is 0. The zero-order valence-electron chi connectivity index (χ0n) is 12.5. The lowest BCUT2D eigenvalue weighted by molar-refractivity contribution is 0.101. The van der Waals surface area contributed by atoms with Gasteiger partial charge in [0.05, 0.1) is 11.4 Å². The van der Waals surface area contributed by atoms with Crippen molar-refractivity contribution in [1.29, 1.82) is 0 Å². The number of aryl methyl sites for hydroxylation is 2. The van der Waals surface area contributed by atoms with E-state index in [0.29, 0.717) is 23.5 Å². The van der Waals surface area contributed by atoms with Crippen molar-refractivity contribution in [3.63, 3.8) is 0 Å². The first-order chi connectivity index (χ1) is 10.1. The van der Waals surface area contributed by atoms with Gasteiger partial charge in [-0.05, 0) is 38.5 Å². The molecule has 1 amide bonds. The van der Waals surface area contributed by atoms with Crippen LogP contribution in [0.15, 0.2) is 30.3 Å². The fourth-order valence-electron chi connectivity index (χ4n) is 2.15. The summed E-state index contributed by atoms with van der Waals surface area (Å²) >= 11 is 0. The second-order valence-corrected chi connectivity index (χ2v) is 4.75. The van der Waals surface area contributed by atoms with Gasteiger partial charge in [-0.2, -0.15) is 5.10 Å². The first-order valence-corrected chi connectivity index (χ1v) is 7.04. The van der Waals surface area contributed by atoms with Gasteiger partial charge in [0.25, 0.3) is 5.91 Å². The molecule has 1 heterocycles. The minimum atomic E-state index is -0.252. The summed E-state index contributed by atoms with van der Waals surface area (Å²) in [6, 6.07) is 8.78. The third kappa shape index (κ3) is 3.18. The number of carbonyl (C=O) groups excluding carboxylic acids is 2. The van der Waals surface area contributed by atoms with Crippen LogP contribution >= 0.6 is 0 Å². The van der Waals surface area contributed by atoms with Crippen LogP contribution in [0, 0.1) is 0 Å². The molecule has 110 valence electrons. The zero-order chi connectivity index (χ0) is 15.4. The molecule has 0 bridgehead atoms. The number of para-hydroxylation sites is 1. The maximum absolute atomic E-state index is 12.4. The molecular weight excluding hydrogens is 266 g/mol. The molecule has 0 saturated heterocycles. The Hall–Kier alpha value is -2.43. The van der Waals surface area contributed by atoms with Crippen LogP contribution < -0.4 is 5.32 Å². The zero-order valence-corrected chi connectivity index (χ0v) is 12.5. The Bertz CT molecular complexity index is 674. The van der Waals surface area contributed by atoms with E-state index in [1.54, 1.807) is 35.0 Å². The molecule has 0 radical (unpaired) electrons. The number of aromatic nitrogens is 2. The summed E-state index contributed by atoms with van der Waals surface area (Å²) in [5.41, 5.74) is 2.41. The number of Topliss-reactive ketones (excluding diaryl/α,β-unsaturated/α-hetero) is 1. The summed E-state index contributed by atoms with van der Waals surface area (Å²) < 4.78 is 1.67. The second-order valence-electron chi connectivity index (χ2n) is 4.75. The highest BCUT2D eigenvalue weighted by atomic mass is 16.2. The van der Waals surface area contributed by atoms with E-state index in [0.717, 1.165) is 12.1 Å². The number of nitrogens with zero attached hydrogens (tertiary/aromatic N) is 2. The van der Waals surface area contributed by atoms with Gasteiger partial charge in [0.15, 0.2) is 5.78 Å². The van der Waals surface area contributed by atoms with E-state index in [1.165, 1.54) is 6.92 Å². The predicted molar refractivity (Wildman–Crippen MR) is 81.7 cm³/mol. The summed E-state index contributed by atoms with van der Waals surface area (Å²) in [6.45, 7) is 6.04. The molecule has 5 nitrogen and oxygen atoms in total. The van der Waals surface area contributed by atoms with E-state index in [4.69, 9.17) is 0 Å². The van der Waals surface area contributed by atoms with E-state index in [-0.39, 0.29) is 11.7 Å². The van der Waals surface area contributed by atoms with E-state index in [2.05, 4.69) is 10.4 Å². The van der Waals surface area contributed by atoms with Gasteiger partial charge in [-0.15, -0.1) is 0 Å². The minimum absolute atomic E-state index is 0.0795. The van der Waals surface area contributed by atoms with E-state index >= 15 is 0 Å². The molecule has 1 aromatic carbocycles. The van der Waals surface area contributed by atoms with Gasteiger partial charge < -0.3 is 5.32 Å². The van der Waals surface area contributed by atoms with Crippen molar-refractivity contribution in [1.82, 2.24) is 9.78 Å². The summed E-state index contributed by atoms with van der Waals surface area (Å²) in [6.07, 6.45) is 0.775. The maximum atomic E-state index is 12.4. The van der Waals surface area contributed by atoms with Crippen molar-refractivity contribution >= 4 is 17.4 Å². The number of hydrogen-bond donors (Lipinski definition) is 1. The average molecular weight is 285 g/mol. The highest BCUT2D eigenvalue weighted by Gasteiger charge is 2.16. The first kappa shape index (κ1) is 15.0. The van der Waals surface area contributed by atoms with Crippen molar-refractivity contribution < 1.29 is 9.59 Å². The molecule has 0 aliphatic heterocycles. The molecule has 0 fully saturated rings. The van der Waals surface area contributed by atoms with Gasteiger partial charge in [-0.3, -0.25) is 14.3 Å². The van der Waals surface area contributed by atoms with E-state index in [9.17, 15) is 9.59 Å². The molecular formula is C16H19N3O2. The Kier molecular flexibility index (Phi) is 4.52. The van der Waals surface area contributed by atoms with Crippen LogP contribution in [-0.2, 0) is 13.0 Å². The third-order valence-electron chi connectivity index (χ3n) is 3.28. The highest BCUT2D eigenvalue weighted by molar-refractivity contribution is 6.08. The Balaban J connectivity index is 2.30. The lowest BCUT2D eigenvalue weighted by Crippen LogP contribution is -2.18. The van der Waals surface area contributed by atoms with Crippen LogP contribution in [0.5, 0.6) is 0 Å². The number of benzene rings is 1. The maximum Gasteiger partial charge on any atom is 0.273 e. The molecule has 5 heteroatoms. The summed E-state index contributed by atoms with van der Waals surface area (Å²) in [4.78, 5) is 24.0. The van der Waals surface area contributed by atoms with Gasteiger partial charge in [-0.25, -0.2) is 0 Å². The van der Waals surface area contributed by atoms with Crippen LogP contribution in [0.4, 0.5) is 5.69 Å². The van der Waals surface area contributed by atoms with Crippen molar-refractivity contribution in [3.8, 4) is 0 Å². The third-order valence-corrected chi connectivity index (χ3v) is 3.28. The summed E-state index contributed by atoms with van der Waals surface area (Å²) in [5.74, 6) is -0.332. The molecule has 1 N–H and O–H groups in total. The van der Waals surface area contributed by atoms with E-state index < -0.39 is 0 Å². The Morgan fingerprint density at radius 2 is 1.95 bits per heavy atom. The molecule has 2 rings (SSSR count). The minimum Gasteiger partial charge on any atom is -0.320 e. The van der Waals surface area contributed by atoms with Crippen LogP contribution in [0.2, 0.25) is 0 Å². The number of hydrogen-bond acceptors (Lipinski definition) is 3. The molecule has 0 unspecified atom stereocenters. The van der Waals surface area contributed by atoms with Crippen LogP contribution in [-0.4, -0.2) is 21.5 Å². The van der Waals surface area contributed by atoms with Crippen LogP contribution in [0.25, 0.3) is 0 Å². The number of amides is 1. The van der Waals surface area contributed by atoms with Crippen molar-refractivity contribution in [3.05, 3.63) is 47.3 Å². The number of anilines is 1. The highest BCUT2D eigenvalue weighted by Crippen LogP contribution is 2.17. The van der Waals surface area contributed by atoms with Crippen LogP contribution in [0.3, 0.4) is 0 Å². The molecule has 0 aliphatic carbocycles. The standard InChI is InChI=1S/C16H19N3O2/c1-4-12-10-15(19(5-2)18-12)16(21)17-14-9-7-6-8-13(14)11(3)20/h6-10H,4-5H2,1-3H3,(H,17,21). The molecule has 21 heavy (non-hydrogen) atoms. The van der Waals surface area contributed by atoms with Gasteiger partial charge in [0.1, 0.15) is 5.69 Å². The number of nitrogens with one attached hydrogen (secondary N) is 1. The fourth-order valence-corrected chi connectivity index (χ4v) is 2.15.